The van der Waals surface area contributed by atoms with Crippen molar-refractivity contribution in [3.05, 3.63) is 52.0 Å². The van der Waals surface area contributed by atoms with Gasteiger partial charge in [-0.15, -0.1) is 11.3 Å². The summed E-state index contributed by atoms with van der Waals surface area (Å²) in [6, 6.07) is 9.88. The number of aromatic nitrogens is 1. The predicted octanol–water partition coefficient (Wildman–Crippen LogP) is 2.31. The Morgan fingerprint density at radius 2 is 2.19 bits per heavy atom. The zero-order valence-corrected chi connectivity index (χ0v) is 16.0. The van der Waals surface area contributed by atoms with E-state index in [-0.39, 0.29) is 18.1 Å². The van der Waals surface area contributed by atoms with Crippen molar-refractivity contribution in [3.63, 3.8) is 0 Å². The fraction of sp³-hybridized carbons (Fsp3) is 0.474. The van der Waals surface area contributed by atoms with E-state index in [1.807, 2.05) is 49.3 Å². The maximum Gasteiger partial charge on any atom is 0.271 e. The van der Waals surface area contributed by atoms with Crippen molar-refractivity contribution in [2.75, 3.05) is 27.3 Å². The van der Waals surface area contributed by atoms with E-state index in [4.69, 9.17) is 9.47 Å². The molecule has 1 saturated heterocycles. The van der Waals surface area contributed by atoms with Crippen LogP contribution in [0.25, 0.3) is 0 Å². The molecule has 0 aliphatic carbocycles. The molecule has 1 N–H and O–H groups in total. The summed E-state index contributed by atoms with van der Waals surface area (Å²) in [5.41, 5.74) is 1.58. The minimum Gasteiger partial charge on any atom is -0.379 e. The van der Waals surface area contributed by atoms with E-state index >= 15 is 0 Å². The summed E-state index contributed by atoms with van der Waals surface area (Å²) in [6.45, 7) is 2.37. The molecule has 0 bridgehead atoms. The third-order valence-corrected chi connectivity index (χ3v) is 4.99. The zero-order valence-electron chi connectivity index (χ0n) is 15.2. The molecule has 2 aromatic rings. The fourth-order valence-electron chi connectivity index (χ4n) is 2.83. The maximum atomic E-state index is 12.5. The SMILES string of the molecule is CN(C)Cc1nc(C(=O)N[C@@H]2COCC[C@@H]2OCc2ccccc2)cs1. The average Bonchev–Trinajstić information content (AvgIpc) is 3.10. The lowest BCUT2D eigenvalue weighted by atomic mass is 10.1. The van der Waals surface area contributed by atoms with Gasteiger partial charge in [0.15, 0.2) is 0 Å². The van der Waals surface area contributed by atoms with E-state index in [0.29, 0.717) is 25.5 Å². The molecule has 26 heavy (non-hydrogen) atoms. The van der Waals surface area contributed by atoms with Crippen molar-refractivity contribution in [2.45, 2.75) is 31.7 Å². The number of thiazole rings is 1. The van der Waals surface area contributed by atoms with Crippen molar-refractivity contribution in [2.24, 2.45) is 0 Å². The van der Waals surface area contributed by atoms with E-state index in [9.17, 15) is 4.79 Å². The second kappa shape index (κ2) is 9.23. The topological polar surface area (TPSA) is 63.7 Å². The van der Waals surface area contributed by atoms with Gasteiger partial charge in [0, 0.05) is 18.5 Å². The van der Waals surface area contributed by atoms with Gasteiger partial charge in [-0.05, 0) is 26.1 Å². The molecule has 1 amide bonds. The van der Waals surface area contributed by atoms with Crippen LogP contribution in [0.15, 0.2) is 35.7 Å². The Labute approximate surface area is 158 Å². The molecule has 1 fully saturated rings. The van der Waals surface area contributed by atoms with E-state index in [2.05, 4.69) is 10.3 Å². The minimum absolute atomic E-state index is 0.0622. The normalized spacial score (nSPS) is 20.3. The number of amides is 1. The summed E-state index contributed by atoms with van der Waals surface area (Å²) in [7, 11) is 3.96. The number of rotatable bonds is 7. The number of hydrogen-bond acceptors (Lipinski definition) is 6. The van der Waals surface area contributed by atoms with Crippen LogP contribution in [0.4, 0.5) is 0 Å². The van der Waals surface area contributed by atoms with E-state index in [1.165, 1.54) is 11.3 Å². The Balaban J connectivity index is 1.57. The second-order valence-corrected chi connectivity index (χ2v) is 7.59. The Morgan fingerprint density at radius 1 is 1.38 bits per heavy atom. The lowest BCUT2D eigenvalue weighted by Crippen LogP contribution is -2.50. The van der Waals surface area contributed by atoms with Gasteiger partial charge in [-0.1, -0.05) is 30.3 Å². The molecule has 1 aromatic carbocycles. The molecule has 0 spiro atoms. The molecule has 3 rings (SSSR count). The maximum absolute atomic E-state index is 12.5. The van der Waals surface area contributed by atoms with Gasteiger partial charge in [-0.25, -0.2) is 4.98 Å². The number of nitrogens with zero attached hydrogens (tertiary/aromatic N) is 2. The van der Waals surface area contributed by atoms with Gasteiger partial charge in [-0.3, -0.25) is 4.79 Å². The summed E-state index contributed by atoms with van der Waals surface area (Å²) in [6.07, 6.45) is 0.702. The highest BCUT2D eigenvalue weighted by Gasteiger charge is 2.29. The highest BCUT2D eigenvalue weighted by molar-refractivity contribution is 7.09. The summed E-state index contributed by atoms with van der Waals surface area (Å²) in [4.78, 5) is 19.0. The van der Waals surface area contributed by atoms with Crippen LogP contribution in [0.3, 0.4) is 0 Å². The van der Waals surface area contributed by atoms with Gasteiger partial charge in [0.05, 0.1) is 25.4 Å². The highest BCUT2D eigenvalue weighted by atomic mass is 32.1. The van der Waals surface area contributed by atoms with Crippen LogP contribution in [-0.4, -0.2) is 55.2 Å². The molecule has 2 heterocycles. The van der Waals surface area contributed by atoms with Crippen LogP contribution in [0.5, 0.6) is 0 Å². The molecule has 6 nitrogen and oxygen atoms in total. The van der Waals surface area contributed by atoms with Gasteiger partial charge in [-0.2, -0.15) is 0 Å². The number of hydrogen-bond donors (Lipinski definition) is 1. The molecule has 7 heteroatoms. The molecule has 0 radical (unpaired) electrons. The van der Waals surface area contributed by atoms with Crippen LogP contribution in [-0.2, 0) is 22.6 Å². The van der Waals surface area contributed by atoms with Crippen LogP contribution >= 0.6 is 11.3 Å². The van der Waals surface area contributed by atoms with Crippen molar-refractivity contribution in [3.8, 4) is 0 Å². The second-order valence-electron chi connectivity index (χ2n) is 6.64. The van der Waals surface area contributed by atoms with Gasteiger partial charge >= 0.3 is 0 Å². The van der Waals surface area contributed by atoms with E-state index < -0.39 is 0 Å². The smallest absolute Gasteiger partial charge is 0.271 e. The van der Waals surface area contributed by atoms with Crippen molar-refractivity contribution in [1.29, 1.82) is 0 Å². The Bertz CT molecular complexity index is 705. The number of carbonyl (C=O) groups is 1. The van der Waals surface area contributed by atoms with Gasteiger partial charge in [0.2, 0.25) is 0 Å². The predicted molar refractivity (Wildman–Crippen MR) is 101 cm³/mol. The molecule has 0 unspecified atom stereocenters. The molecule has 1 aliphatic rings. The number of carbonyl (C=O) groups excluding carboxylic acids is 1. The van der Waals surface area contributed by atoms with E-state index in [1.54, 1.807) is 5.38 Å². The Kier molecular flexibility index (Phi) is 6.73. The van der Waals surface area contributed by atoms with Crippen LogP contribution in [0, 0.1) is 0 Å². The first-order chi connectivity index (χ1) is 12.6. The molecule has 1 aromatic heterocycles. The first-order valence-electron chi connectivity index (χ1n) is 8.75. The first-order valence-corrected chi connectivity index (χ1v) is 9.63. The van der Waals surface area contributed by atoms with Gasteiger partial charge in [0.1, 0.15) is 10.7 Å². The quantitative estimate of drug-likeness (QED) is 0.805. The first kappa shape index (κ1) is 19.0. The fourth-order valence-corrected chi connectivity index (χ4v) is 3.72. The molecule has 0 saturated carbocycles. The van der Waals surface area contributed by atoms with Crippen molar-refractivity contribution >= 4 is 17.2 Å². The highest BCUT2D eigenvalue weighted by Crippen LogP contribution is 2.16. The average molecular weight is 375 g/mol. The van der Waals surface area contributed by atoms with Gasteiger partial charge < -0.3 is 19.7 Å². The number of nitrogens with one attached hydrogen (secondary N) is 1. The summed E-state index contributed by atoms with van der Waals surface area (Å²) in [5, 5.41) is 5.76. The molecular formula is C19H25N3O3S. The van der Waals surface area contributed by atoms with Crippen LogP contribution in [0.1, 0.15) is 27.5 Å². The lowest BCUT2D eigenvalue weighted by molar-refractivity contribution is -0.0605. The third kappa shape index (κ3) is 5.35. The summed E-state index contributed by atoms with van der Waals surface area (Å²) in [5.74, 6) is -0.171. The Hall–Kier alpha value is -1.80. The van der Waals surface area contributed by atoms with Crippen LogP contribution < -0.4 is 5.32 Å². The van der Waals surface area contributed by atoms with Crippen molar-refractivity contribution < 1.29 is 14.3 Å². The monoisotopic (exact) mass is 375 g/mol. The number of ether oxygens (including phenoxy) is 2. The standard InChI is InChI=1S/C19H25N3O3S/c1-22(2)10-18-20-16(13-26-18)19(23)21-15-12-24-9-8-17(15)25-11-14-6-4-3-5-7-14/h3-7,13,15,17H,8-12H2,1-2H3,(H,21,23)/t15-,17+/m1/s1. The molecular weight excluding hydrogens is 350 g/mol. The van der Waals surface area contributed by atoms with E-state index in [0.717, 1.165) is 23.5 Å². The largest absolute Gasteiger partial charge is 0.379 e. The van der Waals surface area contributed by atoms with Gasteiger partial charge in [0.25, 0.3) is 5.91 Å². The summed E-state index contributed by atoms with van der Waals surface area (Å²) < 4.78 is 11.6. The molecule has 2 atom stereocenters. The summed E-state index contributed by atoms with van der Waals surface area (Å²) >= 11 is 1.50. The third-order valence-electron chi connectivity index (χ3n) is 4.15. The van der Waals surface area contributed by atoms with Crippen molar-refractivity contribution in [1.82, 2.24) is 15.2 Å². The van der Waals surface area contributed by atoms with Crippen LogP contribution in [0.2, 0.25) is 0 Å². The molecule has 140 valence electrons. The zero-order chi connectivity index (χ0) is 18.4. The minimum atomic E-state index is -0.171. The molecule has 1 aliphatic heterocycles. The number of benzene rings is 1. The lowest BCUT2D eigenvalue weighted by Gasteiger charge is -2.32. The Morgan fingerprint density at radius 3 is 2.96 bits per heavy atom.